The van der Waals surface area contributed by atoms with Crippen LogP contribution in [0.5, 0.6) is 0 Å². The number of hydrogen-bond acceptors (Lipinski definition) is 6. The lowest BCUT2D eigenvalue weighted by atomic mass is 9.93. The molecule has 194 valence electrons. The van der Waals surface area contributed by atoms with Gasteiger partial charge in [-0.1, -0.05) is 23.7 Å². The molecule has 2 N–H and O–H groups in total. The van der Waals surface area contributed by atoms with Crippen molar-refractivity contribution in [3.05, 3.63) is 51.9 Å². The number of anilines is 1. The highest BCUT2D eigenvalue weighted by Gasteiger charge is 2.33. The SMILES string of the molecule is CNC(=O)[C@H]1CCCN(C2CCN(C(=O)c3ncnc(NCCc4ccc(Cl)c(C)c4)c3C)CC2)C1. The smallest absolute Gasteiger partial charge is 0.272 e. The van der Waals surface area contributed by atoms with Gasteiger partial charge in [0.25, 0.3) is 5.91 Å². The Hall–Kier alpha value is -2.71. The van der Waals surface area contributed by atoms with Gasteiger partial charge in [0.15, 0.2) is 0 Å². The van der Waals surface area contributed by atoms with Gasteiger partial charge in [0.05, 0.1) is 5.92 Å². The molecule has 9 heteroatoms. The number of carbonyl (C=O) groups excluding carboxylic acids is 2. The quantitative estimate of drug-likeness (QED) is 0.590. The minimum atomic E-state index is -0.0355. The average molecular weight is 513 g/mol. The second-order valence-corrected chi connectivity index (χ2v) is 10.3. The van der Waals surface area contributed by atoms with Gasteiger partial charge in [-0.25, -0.2) is 9.97 Å². The zero-order chi connectivity index (χ0) is 25.7. The number of amides is 2. The minimum Gasteiger partial charge on any atom is -0.369 e. The molecule has 2 aliphatic heterocycles. The normalized spacial score (nSPS) is 19.2. The van der Waals surface area contributed by atoms with Crippen molar-refractivity contribution in [3.8, 4) is 0 Å². The molecule has 1 atom stereocenters. The van der Waals surface area contributed by atoms with Crippen LogP contribution in [0.3, 0.4) is 0 Å². The number of hydrogen-bond donors (Lipinski definition) is 2. The molecule has 4 rings (SSSR count). The Balaban J connectivity index is 1.31. The highest BCUT2D eigenvalue weighted by molar-refractivity contribution is 6.31. The number of carbonyl (C=O) groups is 2. The van der Waals surface area contributed by atoms with Crippen molar-refractivity contribution in [2.45, 2.75) is 52.0 Å². The van der Waals surface area contributed by atoms with E-state index < -0.39 is 0 Å². The number of piperidine rings is 2. The van der Waals surface area contributed by atoms with Crippen molar-refractivity contribution < 1.29 is 9.59 Å². The van der Waals surface area contributed by atoms with Crippen molar-refractivity contribution in [1.29, 1.82) is 0 Å². The van der Waals surface area contributed by atoms with E-state index in [0.717, 1.165) is 61.3 Å². The minimum absolute atomic E-state index is 0.0355. The Bertz CT molecular complexity index is 1090. The molecule has 2 aromatic rings. The van der Waals surface area contributed by atoms with Crippen LogP contribution in [0.4, 0.5) is 5.82 Å². The third-order valence-corrected chi connectivity index (χ3v) is 7.98. The summed E-state index contributed by atoms with van der Waals surface area (Å²) in [5, 5.41) is 6.93. The summed E-state index contributed by atoms with van der Waals surface area (Å²) >= 11 is 6.13. The van der Waals surface area contributed by atoms with Gasteiger partial charge >= 0.3 is 0 Å². The molecule has 1 aromatic heterocycles. The zero-order valence-corrected chi connectivity index (χ0v) is 22.3. The first kappa shape index (κ1) is 26.4. The van der Waals surface area contributed by atoms with Crippen LogP contribution in [0.15, 0.2) is 24.5 Å². The van der Waals surface area contributed by atoms with Crippen LogP contribution in [0.1, 0.15) is 52.9 Å². The molecule has 8 nitrogen and oxygen atoms in total. The van der Waals surface area contributed by atoms with E-state index in [1.807, 2.05) is 30.9 Å². The van der Waals surface area contributed by atoms with Crippen molar-refractivity contribution in [2.75, 3.05) is 45.1 Å². The van der Waals surface area contributed by atoms with Crippen molar-refractivity contribution in [2.24, 2.45) is 5.92 Å². The predicted molar refractivity (Wildman–Crippen MR) is 142 cm³/mol. The molecular formula is C27H37ClN6O2. The highest BCUT2D eigenvalue weighted by Crippen LogP contribution is 2.25. The summed E-state index contributed by atoms with van der Waals surface area (Å²) in [4.78, 5) is 38.5. The summed E-state index contributed by atoms with van der Waals surface area (Å²) in [5.41, 5.74) is 3.51. The van der Waals surface area contributed by atoms with Gasteiger partial charge in [0.2, 0.25) is 5.91 Å². The number of rotatable bonds is 7. The van der Waals surface area contributed by atoms with Crippen molar-refractivity contribution in [3.63, 3.8) is 0 Å². The van der Waals surface area contributed by atoms with Crippen molar-refractivity contribution in [1.82, 2.24) is 25.1 Å². The van der Waals surface area contributed by atoms with E-state index in [2.05, 4.69) is 31.6 Å². The fourth-order valence-corrected chi connectivity index (χ4v) is 5.49. The number of nitrogens with zero attached hydrogens (tertiary/aromatic N) is 4. The van der Waals surface area contributed by atoms with Gasteiger partial charge in [-0.05, 0) is 69.7 Å². The zero-order valence-electron chi connectivity index (χ0n) is 21.5. The summed E-state index contributed by atoms with van der Waals surface area (Å²) in [6.07, 6.45) is 6.13. The van der Waals surface area contributed by atoms with Gasteiger partial charge in [-0.2, -0.15) is 0 Å². The summed E-state index contributed by atoms with van der Waals surface area (Å²) in [7, 11) is 1.71. The van der Waals surface area contributed by atoms with Crippen LogP contribution in [0.2, 0.25) is 5.02 Å². The van der Waals surface area contributed by atoms with Crippen LogP contribution in [-0.4, -0.2) is 77.4 Å². The Labute approximate surface area is 218 Å². The number of benzene rings is 1. The van der Waals surface area contributed by atoms with Crippen molar-refractivity contribution >= 4 is 29.2 Å². The van der Waals surface area contributed by atoms with Crippen LogP contribution in [-0.2, 0) is 11.2 Å². The van der Waals surface area contributed by atoms with Gasteiger partial charge in [0.1, 0.15) is 17.8 Å². The monoisotopic (exact) mass is 512 g/mol. The van der Waals surface area contributed by atoms with Crippen LogP contribution >= 0.6 is 11.6 Å². The van der Waals surface area contributed by atoms with E-state index in [0.29, 0.717) is 37.2 Å². The van der Waals surface area contributed by atoms with E-state index in [-0.39, 0.29) is 17.7 Å². The average Bonchev–Trinajstić information content (AvgIpc) is 2.91. The van der Waals surface area contributed by atoms with E-state index in [1.165, 1.54) is 11.9 Å². The van der Waals surface area contributed by atoms with E-state index in [4.69, 9.17) is 11.6 Å². The number of aryl methyl sites for hydroxylation is 1. The topological polar surface area (TPSA) is 90.5 Å². The summed E-state index contributed by atoms with van der Waals surface area (Å²) in [6, 6.07) is 6.47. The molecule has 36 heavy (non-hydrogen) atoms. The molecule has 3 heterocycles. The molecular weight excluding hydrogens is 476 g/mol. The highest BCUT2D eigenvalue weighted by atomic mass is 35.5. The Morgan fingerprint density at radius 1 is 1.11 bits per heavy atom. The third kappa shape index (κ3) is 6.16. The first-order valence-corrected chi connectivity index (χ1v) is 13.3. The van der Waals surface area contributed by atoms with Crippen LogP contribution < -0.4 is 10.6 Å². The maximum atomic E-state index is 13.3. The molecule has 0 bridgehead atoms. The summed E-state index contributed by atoms with van der Waals surface area (Å²) < 4.78 is 0. The third-order valence-electron chi connectivity index (χ3n) is 7.55. The Morgan fingerprint density at radius 2 is 1.89 bits per heavy atom. The number of aromatic nitrogens is 2. The molecule has 2 saturated heterocycles. The standard InChI is InChI=1S/C27H37ClN6O2/c1-18-15-20(6-7-23(18)28)8-11-30-25-19(2)24(31-17-32-25)27(36)33-13-9-22(10-14-33)34-12-4-5-21(16-34)26(35)29-3/h6-7,15,17,21-22H,4-5,8-14,16H2,1-3H3,(H,29,35)(H,30,31,32)/t21-/m0/s1. The molecule has 2 aliphatic rings. The Morgan fingerprint density at radius 3 is 2.61 bits per heavy atom. The van der Waals surface area contributed by atoms with Crippen LogP contribution in [0.25, 0.3) is 0 Å². The van der Waals surface area contributed by atoms with Crippen LogP contribution in [0, 0.1) is 19.8 Å². The largest absolute Gasteiger partial charge is 0.369 e. The molecule has 2 fully saturated rings. The van der Waals surface area contributed by atoms with Gasteiger partial charge < -0.3 is 15.5 Å². The lowest BCUT2D eigenvalue weighted by Gasteiger charge is -2.42. The number of likely N-dealkylation sites (tertiary alicyclic amines) is 2. The first-order chi connectivity index (χ1) is 17.4. The van der Waals surface area contributed by atoms with E-state index in [1.54, 1.807) is 7.05 Å². The first-order valence-electron chi connectivity index (χ1n) is 12.9. The molecule has 0 radical (unpaired) electrons. The van der Waals surface area contributed by atoms with E-state index >= 15 is 0 Å². The second kappa shape index (κ2) is 12.0. The fraction of sp³-hybridized carbons (Fsp3) is 0.556. The number of halogens is 1. The predicted octanol–water partition coefficient (Wildman–Crippen LogP) is 3.46. The molecule has 2 amide bonds. The number of nitrogens with one attached hydrogen (secondary N) is 2. The van der Waals surface area contributed by atoms with Gasteiger partial charge in [-0.3, -0.25) is 14.5 Å². The Kier molecular flexibility index (Phi) is 8.80. The van der Waals surface area contributed by atoms with Gasteiger partial charge in [-0.15, -0.1) is 0 Å². The fourth-order valence-electron chi connectivity index (χ4n) is 5.37. The molecule has 0 saturated carbocycles. The molecule has 0 aliphatic carbocycles. The summed E-state index contributed by atoms with van der Waals surface area (Å²) in [6.45, 7) is 7.85. The molecule has 1 aromatic carbocycles. The second-order valence-electron chi connectivity index (χ2n) is 9.93. The molecule has 0 spiro atoms. The maximum Gasteiger partial charge on any atom is 0.272 e. The lowest BCUT2D eigenvalue weighted by molar-refractivity contribution is -0.126. The van der Waals surface area contributed by atoms with Gasteiger partial charge in [0, 0.05) is 49.9 Å². The lowest BCUT2D eigenvalue weighted by Crippen LogP contribution is -2.51. The maximum absolute atomic E-state index is 13.3. The van der Waals surface area contributed by atoms with E-state index in [9.17, 15) is 9.59 Å². The summed E-state index contributed by atoms with van der Waals surface area (Å²) in [5.74, 6) is 0.870. The molecule has 0 unspecified atom stereocenters.